The van der Waals surface area contributed by atoms with E-state index < -0.39 is 5.41 Å². The number of aromatic nitrogens is 2. The zero-order valence-corrected chi connectivity index (χ0v) is 11.6. The number of carbonyl (C=O) groups excluding carboxylic acids is 1. The maximum atomic E-state index is 12.6. The Morgan fingerprint density at radius 1 is 1.37 bits per heavy atom. The Balaban J connectivity index is 2.04. The summed E-state index contributed by atoms with van der Waals surface area (Å²) in [6, 6.07) is 7.84. The van der Waals surface area contributed by atoms with Crippen molar-refractivity contribution in [3.63, 3.8) is 0 Å². The summed E-state index contributed by atoms with van der Waals surface area (Å²) in [5.41, 5.74) is 7.94. The predicted molar refractivity (Wildman–Crippen MR) is 75.0 cm³/mol. The lowest BCUT2D eigenvalue weighted by Gasteiger charge is -2.19. The van der Waals surface area contributed by atoms with Crippen molar-refractivity contribution < 1.29 is 4.79 Å². The van der Waals surface area contributed by atoms with Crippen LogP contribution >= 0.6 is 11.5 Å². The first-order chi connectivity index (χ1) is 9.01. The zero-order chi connectivity index (χ0) is 13.6. The van der Waals surface area contributed by atoms with Crippen LogP contribution in [-0.2, 0) is 16.8 Å². The second-order valence-corrected chi connectivity index (χ2v) is 5.90. The van der Waals surface area contributed by atoms with Gasteiger partial charge in [0.1, 0.15) is 10.7 Å². The maximum Gasteiger partial charge on any atom is 0.237 e. The van der Waals surface area contributed by atoms with Crippen molar-refractivity contribution in [2.75, 3.05) is 10.6 Å². The second kappa shape index (κ2) is 4.03. The van der Waals surface area contributed by atoms with Gasteiger partial charge in [-0.3, -0.25) is 4.79 Å². The molecule has 0 atom stereocenters. The number of nitrogen functional groups attached to an aromatic ring is 1. The molecule has 0 radical (unpaired) electrons. The number of carbonyl (C=O) groups is 1. The fourth-order valence-corrected chi connectivity index (χ4v) is 2.87. The molecule has 0 saturated heterocycles. The van der Waals surface area contributed by atoms with Crippen LogP contribution in [0.3, 0.4) is 0 Å². The van der Waals surface area contributed by atoms with Gasteiger partial charge in [0.15, 0.2) is 0 Å². The maximum absolute atomic E-state index is 12.6. The third kappa shape index (κ3) is 1.71. The molecule has 1 aliphatic heterocycles. The van der Waals surface area contributed by atoms with E-state index in [2.05, 4.69) is 9.59 Å². The molecule has 0 aliphatic carbocycles. The SMILES string of the molecule is CC1(C)C(=O)N(Cc2nnsc2N)c2ccccc21. The fraction of sp³-hybridized carbons (Fsp3) is 0.308. The number of anilines is 2. The standard InChI is InChI=1S/C13H14N4OS/c1-13(2)8-5-3-4-6-10(8)17(12(13)18)7-9-11(14)19-16-15-9/h3-6H,7,14H2,1-2H3. The van der Waals surface area contributed by atoms with Gasteiger partial charge in [0, 0.05) is 17.2 Å². The molecule has 19 heavy (non-hydrogen) atoms. The lowest BCUT2D eigenvalue weighted by molar-refractivity contribution is -0.122. The van der Waals surface area contributed by atoms with Gasteiger partial charge in [-0.25, -0.2) is 0 Å². The summed E-state index contributed by atoms with van der Waals surface area (Å²) in [6.07, 6.45) is 0. The van der Waals surface area contributed by atoms with E-state index in [-0.39, 0.29) is 5.91 Å². The quantitative estimate of drug-likeness (QED) is 0.908. The smallest absolute Gasteiger partial charge is 0.237 e. The monoisotopic (exact) mass is 274 g/mol. The van der Waals surface area contributed by atoms with Gasteiger partial charge in [-0.15, -0.1) is 5.10 Å². The Morgan fingerprint density at radius 3 is 2.79 bits per heavy atom. The first-order valence-corrected chi connectivity index (χ1v) is 6.77. The summed E-state index contributed by atoms with van der Waals surface area (Å²) in [4.78, 5) is 14.3. The fourth-order valence-electron chi connectivity index (χ4n) is 2.43. The van der Waals surface area contributed by atoms with Crippen molar-refractivity contribution in [2.24, 2.45) is 0 Å². The minimum atomic E-state index is -0.505. The molecule has 1 aromatic carbocycles. The topological polar surface area (TPSA) is 72.1 Å². The van der Waals surface area contributed by atoms with Gasteiger partial charge < -0.3 is 10.6 Å². The van der Waals surface area contributed by atoms with Gasteiger partial charge in [0.05, 0.1) is 12.0 Å². The number of nitrogens with two attached hydrogens (primary N) is 1. The van der Waals surface area contributed by atoms with Crippen molar-refractivity contribution in [2.45, 2.75) is 25.8 Å². The van der Waals surface area contributed by atoms with Crippen molar-refractivity contribution in [1.82, 2.24) is 9.59 Å². The summed E-state index contributed by atoms with van der Waals surface area (Å²) in [6.45, 7) is 4.26. The van der Waals surface area contributed by atoms with E-state index in [0.717, 1.165) is 22.8 Å². The van der Waals surface area contributed by atoms with Crippen LogP contribution in [0.5, 0.6) is 0 Å². The normalized spacial score (nSPS) is 16.7. The first kappa shape index (κ1) is 12.1. The van der Waals surface area contributed by atoms with Gasteiger partial charge in [-0.05, 0) is 25.5 Å². The van der Waals surface area contributed by atoms with Crippen LogP contribution in [0.1, 0.15) is 25.1 Å². The van der Waals surface area contributed by atoms with E-state index in [9.17, 15) is 4.79 Å². The molecule has 0 fully saturated rings. The van der Waals surface area contributed by atoms with Crippen LogP contribution in [-0.4, -0.2) is 15.5 Å². The van der Waals surface area contributed by atoms with Gasteiger partial charge in [-0.1, -0.05) is 22.7 Å². The van der Waals surface area contributed by atoms with Crippen molar-refractivity contribution >= 4 is 28.1 Å². The van der Waals surface area contributed by atoms with Gasteiger partial charge in [0.25, 0.3) is 0 Å². The molecule has 5 nitrogen and oxygen atoms in total. The Hall–Kier alpha value is -1.95. The number of fused-ring (bicyclic) bond motifs is 1. The number of para-hydroxylation sites is 1. The largest absolute Gasteiger partial charge is 0.388 e. The molecule has 0 bridgehead atoms. The Kier molecular flexibility index (Phi) is 2.56. The molecular formula is C13H14N4OS. The third-order valence-corrected chi connectivity index (χ3v) is 4.14. The van der Waals surface area contributed by atoms with Gasteiger partial charge >= 0.3 is 0 Å². The third-order valence-electron chi connectivity index (χ3n) is 3.54. The number of benzene rings is 1. The summed E-state index contributed by atoms with van der Waals surface area (Å²) in [5.74, 6) is 0.0705. The molecule has 2 heterocycles. The van der Waals surface area contributed by atoms with E-state index in [1.54, 1.807) is 4.90 Å². The zero-order valence-electron chi connectivity index (χ0n) is 10.8. The molecule has 0 spiro atoms. The summed E-state index contributed by atoms with van der Waals surface area (Å²) < 4.78 is 3.81. The molecule has 1 aliphatic rings. The van der Waals surface area contributed by atoms with E-state index in [1.807, 2.05) is 38.1 Å². The molecule has 3 rings (SSSR count). The van der Waals surface area contributed by atoms with E-state index in [0.29, 0.717) is 17.2 Å². The molecule has 0 saturated carbocycles. The van der Waals surface area contributed by atoms with Crippen LogP contribution in [0, 0.1) is 0 Å². The molecule has 98 valence electrons. The van der Waals surface area contributed by atoms with Crippen molar-refractivity contribution in [3.8, 4) is 0 Å². The average Bonchev–Trinajstić information content (AvgIpc) is 2.87. The Bertz CT molecular complexity index is 650. The van der Waals surface area contributed by atoms with Crippen LogP contribution < -0.4 is 10.6 Å². The highest BCUT2D eigenvalue weighted by atomic mass is 32.1. The van der Waals surface area contributed by atoms with Gasteiger partial charge in [0.2, 0.25) is 5.91 Å². The van der Waals surface area contributed by atoms with Crippen LogP contribution in [0.25, 0.3) is 0 Å². The number of amides is 1. The summed E-state index contributed by atoms with van der Waals surface area (Å²) in [7, 11) is 0. The number of hydrogen-bond acceptors (Lipinski definition) is 5. The van der Waals surface area contributed by atoms with E-state index >= 15 is 0 Å². The molecule has 2 N–H and O–H groups in total. The van der Waals surface area contributed by atoms with Gasteiger partial charge in [-0.2, -0.15) is 0 Å². The molecule has 0 unspecified atom stereocenters. The van der Waals surface area contributed by atoms with Crippen molar-refractivity contribution in [3.05, 3.63) is 35.5 Å². The highest BCUT2D eigenvalue weighted by Crippen LogP contribution is 2.42. The van der Waals surface area contributed by atoms with Crippen molar-refractivity contribution in [1.29, 1.82) is 0 Å². The summed E-state index contributed by atoms with van der Waals surface area (Å²) >= 11 is 1.15. The Morgan fingerprint density at radius 2 is 2.11 bits per heavy atom. The Labute approximate surface area is 115 Å². The lowest BCUT2D eigenvalue weighted by atomic mass is 9.86. The van der Waals surface area contributed by atoms with Crippen LogP contribution in [0.2, 0.25) is 0 Å². The van der Waals surface area contributed by atoms with Crippen LogP contribution in [0.15, 0.2) is 24.3 Å². The number of nitrogens with zero attached hydrogens (tertiary/aromatic N) is 3. The van der Waals surface area contributed by atoms with E-state index in [4.69, 9.17) is 5.73 Å². The summed E-state index contributed by atoms with van der Waals surface area (Å²) in [5, 5.41) is 4.55. The molecule has 1 amide bonds. The first-order valence-electron chi connectivity index (χ1n) is 6.00. The molecular weight excluding hydrogens is 260 g/mol. The number of rotatable bonds is 2. The molecule has 6 heteroatoms. The minimum Gasteiger partial charge on any atom is -0.388 e. The number of hydrogen-bond donors (Lipinski definition) is 1. The lowest BCUT2D eigenvalue weighted by Crippen LogP contribution is -2.35. The molecule has 2 aromatic rings. The average molecular weight is 274 g/mol. The van der Waals surface area contributed by atoms with Crippen LogP contribution in [0.4, 0.5) is 10.7 Å². The van der Waals surface area contributed by atoms with E-state index in [1.165, 1.54) is 0 Å². The minimum absolute atomic E-state index is 0.0705. The predicted octanol–water partition coefficient (Wildman–Crippen LogP) is 1.94. The highest BCUT2D eigenvalue weighted by molar-refractivity contribution is 7.09. The highest BCUT2D eigenvalue weighted by Gasteiger charge is 2.43. The second-order valence-electron chi connectivity index (χ2n) is 5.12. The molecule has 1 aromatic heterocycles.